The van der Waals surface area contributed by atoms with Gasteiger partial charge in [-0.2, -0.15) is 4.31 Å². The molecule has 0 amide bonds. The van der Waals surface area contributed by atoms with Crippen molar-refractivity contribution in [3.05, 3.63) is 71.9 Å². The zero-order chi connectivity index (χ0) is 20.4. The lowest BCUT2D eigenvalue weighted by atomic mass is 10.0. The highest BCUT2D eigenvalue weighted by Gasteiger charge is 2.35. The van der Waals surface area contributed by atoms with Crippen LogP contribution in [0.2, 0.25) is 0 Å². The third kappa shape index (κ3) is 4.06. The molecule has 1 unspecified atom stereocenters. The Morgan fingerprint density at radius 3 is 2.62 bits per heavy atom. The van der Waals surface area contributed by atoms with E-state index in [1.807, 2.05) is 42.5 Å². The molecule has 1 aliphatic rings. The van der Waals surface area contributed by atoms with E-state index >= 15 is 0 Å². The fourth-order valence-electron chi connectivity index (χ4n) is 3.96. The van der Waals surface area contributed by atoms with Crippen molar-refractivity contribution in [1.82, 2.24) is 9.29 Å². The predicted molar refractivity (Wildman–Crippen MR) is 114 cm³/mol. The number of benzene rings is 2. The van der Waals surface area contributed by atoms with Crippen molar-refractivity contribution in [2.24, 2.45) is 5.92 Å². The Kier molecular flexibility index (Phi) is 5.67. The van der Waals surface area contributed by atoms with Gasteiger partial charge in [0.2, 0.25) is 10.0 Å². The second-order valence-electron chi connectivity index (χ2n) is 7.95. The summed E-state index contributed by atoms with van der Waals surface area (Å²) in [6, 6.07) is 16.7. The average Bonchev–Trinajstić information content (AvgIpc) is 2.69. The van der Waals surface area contributed by atoms with Gasteiger partial charge in [-0.25, -0.2) is 8.42 Å². The molecule has 0 saturated heterocycles. The predicted octanol–water partition coefficient (Wildman–Crippen LogP) is 4.37. The molecule has 0 aliphatic carbocycles. The first kappa shape index (κ1) is 20.0. The van der Waals surface area contributed by atoms with Crippen LogP contribution in [0, 0.1) is 5.92 Å². The van der Waals surface area contributed by atoms with E-state index in [4.69, 9.17) is 4.74 Å². The van der Waals surface area contributed by atoms with Crippen molar-refractivity contribution in [2.75, 3.05) is 6.61 Å². The van der Waals surface area contributed by atoms with Crippen LogP contribution in [0.5, 0.6) is 0 Å². The number of rotatable bonds is 4. The molecule has 0 N–H and O–H groups in total. The standard InChI is InChI=1S/C23H26N2O3S/c1-17(2)13-21-16-28-15-20-8-4-3-7-19(20)14-25(21)29(26,27)22-11-5-9-18-10-6-12-24-23(18)22/h3-12,17,21H,13-16H2,1-2H3. The highest BCUT2D eigenvalue weighted by molar-refractivity contribution is 7.89. The van der Waals surface area contributed by atoms with Gasteiger partial charge in [0.15, 0.2) is 0 Å². The minimum atomic E-state index is -3.77. The van der Waals surface area contributed by atoms with Gasteiger partial charge in [0.25, 0.3) is 0 Å². The Bertz CT molecular complexity index is 1110. The molecular weight excluding hydrogens is 384 g/mol. The molecule has 1 aliphatic heterocycles. The molecule has 0 fully saturated rings. The number of para-hydroxylation sites is 1. The van der Waals surface area contributed by atoms with Crippen LogP contribution in [0.15, 0.2) is 65.7 Å². The van der Waals surface area contributed by atoms with E-state index in [1.165, 1.54) is 0 Å². The average molecular weight is 411 g/mol. The summed E-state index contributed by atoms with van der Waals surface area (Å²) in [6.07, 6.45) is 2.37. The van der Waals surface area contributed by atoms with Crippen molar-refractivity contribution in [1.29, 1.82) is 0 Å². The molecule has 0 radical (unpaired) electrons. The van der Waals surface area contributed by atoms with Crippen LogP contribution in [0.3, 0.4) is 0 Å². The Labute approximate surface area is 172 Å². The number of fused-ring (bicyclic) bond motifs is 2. The summed E-state index contributed by atoms with van der Waals surface area (Å²) < 4.78 is 35.4. The maximum Gasteiger partial charge on any atom is 0.245 e. The van der Waals surface area contributed by atoms with Gasteiger partial charge in [-0.05, 0) is 35.6 Å². The normalized spacial score (nSPS) is 18.4. The molecule has 2 heterocycles. The summed E-state index contributed by atoms with van der Waals surface area (Å²) in [5.74, 6) is 0.349. The summed E-state index contributed by atoms with van der Waals surface area (Å²) in [4.78, 5) is 4.63. The Morgan fingerprint density at radius 1 is 1.07 bits per heavy atom. The largest absolute Gasteiger partial charge is 0.375 e. The maximum absolute atomic E-state index is 13.9. The van der Waals surface area contributed by atoms with Crippen LogP contribution in [-0.2, 0) is 27.9 Å². The van der Waals surface area contributed by atoms with Crippen molar-refractivity contribution < 1.29 is 13.2 Å². The highest BCUT2D eigenvalue weighted by Crippen LogP contribution is 2.30. The van der Waals surface area contributed by atoms with Crippen LogP contribution >= 0.6 is 0 Å². The van der Waals surface area contributed by atoms with E-state index in [2.05, 4.69) is 18.8 Å². The van der Waals surface area contributed by atoms with Gasteiger partial charge in [0.05, 0.1) is 18.7 Å². The second-order valence-corrected chi connectivity index (χ2v) is 9.81. The van der Waals surface area contributed by atoms with Crippen LogP contribution < -0.4 is 0 Å². The monoisotopic (exact) mass is 410 g/mol. The third-order valence-electron chi connectivity index (χ3n) is 5.35. The quantitative estimate of drug-likeness (QED) is 0.641. The molecule has 4 rings (SSSR count). The van der Waals surface area contributed by atoms with Gasteiger partial charge in [0, 0.05) is 24.2 Å². The second kappa shape index (κ2) is 8.22. The third-order valence-corrected chi connectivity index (χ3v) is 7.28. The lowest BCUT2D eigenvalue weighted by Gasteiger charge is -2.34. The Balaban J connectivity index is 1.84. The summed E-state index contributed by atoms with van der Waals surface area (Å²) in [6.45, 7) is 5.44. The summed E-state index contributed by atoms with van der Waals surface area (Å²) in [5.41, 5.74) is 2.53. The lowest BCUT2D eigenvalue weighted by Crippen LogP contribution is -2.44. The van der Waals surface area contributed by atoms with Crippen LogP contribution in [0.4, 0.5) is 0 Å². The number of nitrogens with zero attached hydrogens (tertiary/aromatic N) is 2. The van der Waals surface area contributed by atoms with E-state index in [9.17, 15) is 8.42 Å². The number of ether oxygens (including phenoxy) is 1. The zero-order valence-corrected chi connectivity index (χ0v) is 17.6. The van der Waals surface area contributed by atoms with Crippen molar-refractivity contribution in [3.63, 3.8) is 0 Å². The molecule has 2 aromatic carbocycles. The molecule has 0 bridgehead atoms. The van der Waals surface area contributed by atoms with Crippen molar-refractivity contribution >= 4 is 20.9 Å². The maximum atomic E-state index is 13.9. The molecule has 152 valence electrons. The summed E-state index contributed by atoms with van der Waals surface area (Å²) in [7, 11) is -3.77. The van der Waals surface area contributed by atoms with Crippen molar-refractivity contribution in [2.45, 2.75) is 44.4 Å². The van der Waals surface area contributed by atoms with Gasteiger partial charge >= 0.3 is 0 Å². The fraction of sp³-hybridized carbons (Fsp3) is 0.348. The molecule has 6 heteroatoms. The van der Waals surface area contributed by atoms with Crippen molar-refractivity contribution in [3.8, 4) is 0 Å². The Morgan fingerprint density at radius 2 is 1.83 bits per heavy atom. The molecule has 1 atom stereocenters. The van der Waals surface area contributed by atoms with E-state index < -0.39 is 10.0 Å². The van der Waals surface area contributed by atoms with Gasteiger partial charge < -0.3 is 4.74 Å². The van der Waals surface area contributed by atoms with E-state index in [-0.39, 0.29) is 10.9 Å². The molecule has 0 saturated carbocycles. The highest BCUT2D eigenvalue weighted by atomic mass is 32.2. The molecule has 3 aromatic rings. The van der Waals surface area contributed by atoms with E-state index in [0.29, 0.717) is 31.2 Å². The van der Waals surface area contributed by atoms with Crippen LogP contribution in [0.1, 0.15) is 31.4 Å². The summed E-state index contributed by atoms with van der Waals surface area (Å²) in [5, 5.41) is 0.817. The number of aromatic nitrogens is 1. The van der Waals surface area contributed by atoms with Gasteiger partial charge in [0.1, 0.15) is 4.90 Å². The number of sulfonamides is 1. The first-order chi connectivity index (χ1) is 14.0. The number of pyridine rings is 1. The van der Waals surface area contributed by atoms with Crippen LogP contribution in [0.25, 0.3) is 10.9 Å². The SMILES string of the molecule is CC(C)CC1COCc2ccccc2CN1S(=O)(=O)c1cccc2cccnc12. The van der Waals surface area contributed by atoms with Gasteiger partial charge in [-0.3, -0.25) is 4.98 Å². The minimum absolute atomic E-state index is 0.229. The number of hydrogen-bond donors (Lipinski definition) is 0. The topological polar surface area (TPSA) is 59.5 Å². The molecule has 1 aromatic heterocycles. The molecule has 0 spiro atoms. The zero-order valence-electron chi connectivity index (χ0n) is 16.8. The Hall–Kier alpha value is -2.28. The molecular formula is C23H26N2O3S. The lowest BCUT2D eigenvalue weighted by molar-refractivity contribution is 0.0600. The minimum Gasteiger partial charge on any atom is -0.375 e. The van der Waals surface area contributed by atoms with Gasteiger partial charge in [-0.1, -0.05) is 56.3 Å². The number of hydrogen-bond acceptors (Lipinski definition) is 4. The van der Waals surface area contributed by atoms with E-state index in [0.717, 1.165) is 22.9 Å². The van der Waals surface area contributed by atoms with E-state index in [1.54, 1.807) is 22.6 Å². The van der Waals surface area contributed by atoms with Crippen LogP contribution in [-0.4, -0.2) is 30.4 Å². The smallest absolute Gasteiger partial charge is 0.245 e. The first-order valence-electron chi connectivity index (χ1n) is 9.97. The molecule has 5 nitrogen and oxygen atoms in total. The summed E-state index contributed by atoms with van der Waals surface area (Å²) >= 11 is 0. The fourth-order valence-corrected chi connectivity index (χ4v) is 5.73. The first-order valence-corrected chi connectivity index (χ1v) is 11.4. The molecule has 29 heavy (non-hydrogen) atoms. The van der Waals surface area contributed by atoms with Gasteiger partial charge in [-0.15, -0.1) is 0 Å².